The van der Waals surface area contributed by atoms with Gasteiger partial charge in [0.1, 0.15) is 0 Å². The Bertz CT molecular complexity index is 16.4. The average molecular weight is 254 g/mol. The fourth-order valence-corrected chi connectivity index (χ4v) is 0. The van der Waals surface area contributed by atoms with Crippen molar-refractivity contribution in [3.63, 3.8) is 0 Å². The number of halogens is 1. The van der Waals surface area contributed by atoms with Crippen LogP contribution in [0.4, 0.5) is 0 Å². The maximum atomic E-state index is 8.57. The summed E-state index contributed by atoms with van der Waals surface area (Å²) in [6, 6.07) is 0. The Kier molecular flexibility index (Phi) is 51.6. The molecule has 0 aliphatic heterocycles. The Morgan fingerprint density at radius 2 is 1.00 bits per heavy atom. The molecule has 0 heterocycles. The van der Waals surface area contributed by atoms with E-state index in [4.69, 9.17) is 10.3 Å². The molecule has 0 amide bonds. The first kappa shape index (κ1) is 22.5. The van der Waals surface area contributed by atoms with E-state index < -0.39 is 21.1 Å². The van der Waals surface area contributed by atoms with E-state index in [1.807, 2.05) is 0 Å². The molecule has 4 nitrogen and oxygen atoms in total. The Balaban J connectivity index is -0.0000000150. The molecule has 0 aliphatic rings. The van der Waals surface area contributed by atoms with Crippen molar-refractivity contribution in [1.29, 1.82) is 0 Å². The molecule has 7 heavy (non-hydrogen) atoms. The van der Waals surface area contributed by atoms with Gasteiger partial charge in [0.05, 0.1) is 0 Å². The molecule has 0 atom stereocenters. The second-order valence-electron chi connectivity index (χ2n) is 0.189. The maximum absolute atomic E-state index is 8.57. The van der Waals surface area contributed by atoms with Crippen LogP contribution < -0.4 is 112 Å². The van der Waals surface area contributed by atoms with Gasteiger partial charge in [-0.05, 0) is 0 Å². The van der Waals surface area contributed by atoms with Crippen LogP contribution in [0.1, 0.15) is 0 Å². The minimum absolute atomic E-state index is 0. The monoisotopic (exact) mass is 254 g/mol. The molecule has 0 unspecified atom stereocenters. The SMILES string of the molecule is [K+].[Na+].[O-][I+2]([O-])[O-].[OH-]. The fraction of sp³-hybridized carbons (Fsp3) is 0. The van der Waals surface area contributed by atoms with Crippen molar-refractivity contribution in [2.45, 2.75) is 0 Å². The molecule has 34 valence electrons. The largest absolute Gasteiger partial charge is 1.00 e. The predicted molar refractivity (Wildman–Crippen MR) is 1.94 cm³/mol. The van der Waals surface area contributed by atoms with Crippen LogP contribution in [0.25, 0.3) is 0 Å². The molecule has 0 bridgehead atoms. The second-order valence-corrected chi connectivity index (χ2v) is 1.27. The van der Waals surface area contributed by atoms with Gasteiger partial charge in [0.2, 0.25) is 0 Å². The zero-order valence-electron chi connectivity index (χ0n) is 4.05. The van der Waals surface area contributed by atoms with E-state index in [0.717, 1.165) is 0 Å². The molecular weight excluding hydrogens is 253 g/mol. The number of hydrogen-bond acceptors (Lipinski definition) is 4. The van der Waals surface area contributed by atoms with Gasteiger partial charge in [-0.1, -0.05) is 0 Å². The maximum Gasteiger partial charge on any atom is 1.00 e. The average Bonchev–Trinajstić information content (AvgIpc) is 0.811. The van der Waals surface area contributed by atoms with Crippen LogP contribution in [0.15, 0.2) is 0 Å². The summed E-state index contributed by atoms with van der Waals surface area (Å²) in [6.45, 7) is 0. The molecule has 0 aromatic carbocycles. The second kappa shape index (κ2) is 16.1. The van der Waals surface area contributed by atoms with Gasteiger partial charge in [0.25, 0.3) is 21.1 Å². The quantitative estimate of drug-likeness (QED) is 0.316. The minimum atomic E-state index is -4.01. The van der Waals surface area contributed by atoms with Crippen LogP contribution in [0.2, 0.25) is 0 Å². The molecule has 0 radical (unpaired) electrons. The summed E-state index contributed by atoms with van der Waals surface area (Å²) in [5.41, 5.74) is 0. The molecule has 0 fully saturated rings. The Morgan fingerprint density at radius 1 is 1.00 bits per heavy atom. The van der Waals surface area contributed by atoms with E-state index in [2.05, 4.69) is 0 Å². The zero-order chi connectivity index (χ0) is 3.58. The van der Waals surface area contributed by atoms with E-state index in [9.17, 15) is 0 Å². The van der Waals surface area contributed by atoms with Crippen molar-refractivity contribution in [3.8, 4) is 0 Å². The van der Waals surface area contributed by atoms with E-state index in [-0.39, 0.29) is 86.4 Å². The topological polar surface area (TPSA) is 99.2 Å². The fourth-order valence-electron chi connectivity index (χ4n) is 0. The summed E-state index contributed by atoms with van der Waals surface area (Å²) in [4.78, 5) is 0. The van der Waals surface area contributed by atoms with E-state index in [1.54, 1.807) is 0 Å². The Morgan fingerprint density at radius 3 is 1.00 bits per heavy atom. The van der Waals surface area contributed by atoms with Crippen LogP contribution >= 0.6 is 0 Å². The summed E-state index contributed by atoms with van der Waals surface area (Å²) in [5.74, 6) is 0. The third-order valence-corrected chi connectivity index (χ3v) is 0. The molecule has 0 rings (SSSR count). The molecular formula is HIKNaO4. The number of rotatable bonds is 0. The van der Waals surface area contributed by atoms with Crippen molar-refractivity contribution >= 4 is 0 Å². The van der Waals surface area contributed by atoms with Crippen molar-refractivity contribution in [2.75, 3.05) is 0 Å². The van der Waals surface area contributed by atoms with E-state index in [0.29, 0.717) is 0 Å². The van der Waals surface area contributed by atoms with Crippen molar-refractivity contribution in [1.82, 2.24) is 0 Å². The molecule has 0 aliphatic carbocycles. The molecule has 0 aromatic heterocycles. The standard InChI is InChI=1S/IO3.K.Na.H2O/c2-1(3)4;;;/h;;;1H2/q-1;2*+1;/p-1. The van der Waals surface area contributed by atoms with Crippen molar-refractivity contribution in [2.24, 2.45) is 0 Å². The van der Waals surface area contributed by atoms with Gasteiger partial charge in [-0.2, -0.15) is 0 Å². The van der Waals surface area contributed by atoms with Crippen LogP contribution in [0.5, 0.6) is 0 Å². The number of hydrogen-bond donors (Lipinski definition) is 0. The summed E-state index contributed by atoms with van der Waals surface area (Å²) >= 11 is -4.01. The first-order valence-corrected chi connectivity index (χ1v) is 3.11. The van der Waals surface area contributed by atoms with Crippen LogP contribution in [-0.4, -0.2) is 5.48 Å². The molecule has 0 saturated heterocycles. The van der Waals surface area contributed by atoms with E-state index >= 15 is 0 Å². The molecule has 1 N–H and O–H groups in total. The van der Waals surface area contributed by atoms with Crippen molar-refractivity contribution < 1.29 is 118 Å². The van der Waals surface area contributed by atoms with Gasteiger partial charge in [0, 0.05) is 0 Å². The van der Waals surface area contributed by atoms with Crippen LogP contribution in [-0.2, 0) is 0 Å². The van der Waals surface area contributed by atoms with E-state index in [1.165, 1.54) is 0 Å². The minimum Gasteiger partial charge on any atom is -0.870 e. The Labute approximate surface area is 115 Å². The van der Waals surface area contributed by atoms with Gasteiger partial charge in [-0.3, -0.25) is 0 Å². The molecule has 0 spiro atoms. The smallest absolute Gasteiger partial charge is 0.870 e. The van der Waals surface area contributed by atoms with Crippen LogP contribution in [0.3, 0.4) is 0 Å². The van der Waals surface area contributed by atoms with Gasteiger partial charge in [-0.25, -0.2) is 0 Å². The molecule has 7 heteroatoms. The molecule has 0 saturated carbocycles. The summed E-state index contributed by atoms with van der Waals surface area (Å²) < 4.78 is 25.7. The summed E-state index contributed by atoms with van der Waals surface area (Å²) in [6.07, 6.45) is 0. The van der Waals surface area contributed by atoms with Gasteiger partial charge in [-0.15, -0.1) is 0 Å². The summed E-state index contributed by atoms with van der Waals surface area (Å²) in [5, 5.41) is 0. The molecule has 0 aromatic rings. The first-order chi connectivity index (χ1) is 1.73. The van der Waals surface area contributed by atoms with Gasteiger partial charge < -0.3 is 15.8 Å². The van der Waals surface area contributed by atoms with Gasteiger partial charge >= 0.3 is 80.9 Å². The predicted octanol–water partition coefficient (Wildman–Crippen LogP) is -12.7. The first-order valence-electron chi connectivity index (χ1n) is 0.463. The normalized spacial score (nSPS) is 5.14. The third-order valence-electron chi connectivity index (χ3n) is 0. The van der Waals surface area contributed by atoms with Crippen LogP contribution in [0, 0.1) is 0 Å². The van der Waals surface area contributed by atoms with Gasteiger partial charge in [0.15, 0.2) is 0 Å². The Hall–Kier alpha value is 3.21. The summed E-state index contributed by atoms with van der Waals surface area (Å²) in [7, 11) is 0. The third kappa shape index (κ3) is 46.5. The van der Waals surface area contributed by atoms with Crippen molar-refractivity contribution in [3.05, 3.63) is 0 Å². The zero-order valence-corrected chi connectivity index (χ0v) is 11.3.